The van der Waals surface area contributed by atoms with E-state index >= 15 is 0 Å². The quantitative estimate of drug-likeness (QED) is 0.607. The number of rotatable bonds is 5. The van der Waals surface area contributed by atoms with Gasteiger partial charge in [0, 0.05) is 11.6 Å². The standard InChI is InChI=1S/C19H16FNO5/c1-23-15-10-17(25-3)16(24-2)9-11(15)8-14-19(22)26-18(21-14)12-6-4-5-7-13(12)20/h4-10H,1-3H3. The second kappa shape index (κ2) is 7.26. The molecule has 7 heteroatoms. The molecule has 0 bridgehead atoms. The van der Waals surface area contributed by atoms with Gasteiger partial charge < -0.3 is 18.9 Å². The van der Waals surface area contributed by atoms with Crippen LogP contribution in [0.3, 0.4) is 0 Å². The molecule has 0 fully saturated rings. The van der Waals surface area contributed by atoms with Gasteiger partial charge in [0.1, 0.15) is 11.6 Å². The number of nitrogens with zero attached hydrogens (tertiary/aromatic N) is 1. The number of cyclic esters (lactones) is 1. The molecule has 1 aliphatic heterocycles. The Balaban J connectivity index is 2.04. The summed E-state index contributed by atoms with van der Waals surface area (Å²) in [5, 5.41) is 0. The van der Waals surface area contributed by atoms with E-state index in [0.717, 1.165) is 0 Å². The van der Waals surface area contributed by atoms with E-state index in [1.165, 1.54) is 39.5 Å². The average Bonchev–Trinajstić information content (AvgIpc) is 3.01. The second-order valence-electron chi connectivity index (χ2n) is 5.27. The molecule has 3 rings (SSSR count). The largest absolute Gasteiger partial charge is 0.496 e. The molecule has 0 unspecified atom stereocenters. The zero-order chi connectivity index (χ0) is 18.7. The Morgan fingerprint density at radius 3 is 2.31 bits per heavy atom. The Labute approximate surface area is 149 Å². The van der Waals surface area contributed by atoms with E-state index < -0.39 is 11.8 Å². The van der Waals surface area contributed by atoms with Crippen molar-refractivity contribution in [2.45, 2.75) is 0 Å². The molecule has 0 aromatic heterocycles. The van der Waals surface area contributed by atoms with E-state index in [4.69, 9.17) is 18.9 Å². The highest BCUT2D eigenvalue weighted by atomic mass is 19.1. The summed E-state index contributed by atoms with van der Waals surface area (Å²) in [6.07, 6.45) is 1.48. The van der Waals surface area contributed by atoms with E-state index in [1.807, 2.05) is 0 Å². The number of benzene rings is 2. The van der Waals surface area contributed by atoms with Crippen molar-refractivity contribution < 1.29 is 28.1 Å². The first-order chi connectivity index (χ1) is 12.6. The van der Waals surface area contributed by atoms with Crippen LogP contribution < -0.4 is 14.2 Å². The first kappa shape index (κ1) is 17.5. The van der Waals surface area contributed by atoms with Crippen LogP contribution in [0.4, 0.5) is 4.39 Å². The first-order valence-electron chi connectivity index (χ1n) is 7.65. The molecule has 0 amide bonds. The van der Waals surface area contributed by atoms with Crippen LogP contribution in [0, 0.1) is 5.82 Å². The van der Waals surface area contributed by atoms with Crippen molar-refractivity contribution in [3.05, 3.63) is 59.0 Å². The zero-order valence-corrected chi connectivity index (χ0v) is 14.4. The summed E-state index contributed by atoms with van der Waals surface area (Å²) in [5.41, 5.74) is 0.674. The van der Waals surface area contributed by atoms with E-state index in [0.29, 0.717) is 22.8 Å². The Morgan fingerprint density at radius 2 is 1.65 bits per heavy atom. The molecule has 2 aromatic carbocycles. The predicted octanol–water partition coefficient (Wildman–Crippen LogP) is 3.20. The third kappa shape index (κ3) is 3.23. The fourth-order valence-electron chi connectivity index (χ4n) is 2.47. The number of aliphatic imine (C=N–C) groups is 1. The van der Waals surface area contributed by atoms with E-state index in [9.17, 15) is 9.18 Å². The third-order valence-corrected chi connectivity index (χ3v) is 3.75. The zero-order valence-electron chi connectivity index (χ0n) is 14.4. The highest BCUT2D eigenvalue weighted by Crippen LogP contribution is 2.36. The van der Waals surface area contributed by atoms with Crippen LogP contribution in [0.2, 0.25) is 0 Å². The van der Waals surface area contributed by atoms with Crippen LogP contribution in [0.1, 0.15) is 11.1 Å². The van der Waals surface area contributed by atoms with Crippen molar-refractivity contribution in [3.63, 3.8) is 0 Å². The lowest BCUT2D eigenvalue weighted by molar-refractivity contribution is -0.129. The van der Waals surface area contributed by atoms with E-state index in [-0.39, 0.29) is 17.2 Å². The summed E-state index contributed by atoms with van der Waals surface area (Å²) in [5.74, 6) is 0.112. The summed E-state index contributed by atoms with van der Waals surface area (Å²) in [6, 6.07) is 9.21. The fourth-order valence-corrected chi connectivity index (χ4v) is 2.47. The SMILES string of the molecule is COc1cc(OC)c(OC)cc1C=C1N=C(c2ccccc2F)OC1=O. The minimum Gasteiger partial charge on any atom is -0.496 e. The number of esters is 1. The summed E-state index contributed by atoms with van der Waals surface area (Å²) in [4.78, 5) is 16.2. The molecule has 0 saturated heterocycles. The lowest BCUT2D eigenvalue weighted by atomic mass is 10.1. The summed E-state index contributed by atoms with van der Waals surface area (Å²) in [6.45, 7) is 0. The molecular formula is C19H16FNO5. The molecule has 2 aromatic rings. The van der Waals surface area contributed by atoms with Gasteiger partial charge in [0.05, 0.1) is 26.9 Å². The predicted molar refractivity (Wildman–Crippen MR) is 93.1 cm³/mol. The van der Waals surface area contributed by atoms with Gasteiger partial charge in [-0.2, -0.15) is 0 Å². The molecule has 0 N–H and O–H groups in total. The van der Waals surface area contributed by atoms with Gasteiger partial charge in [0.15, 0.2) is 17.2 Å². The lowest BCUT2D eigenvalue weighted by Crippen LogP contribution is -2.07. The van der Waals surface area contributed by atoms with Gasteiger partial charge in [-0.15, -0.1) is 0 Å². The fraction of sp³-hybridized carbons (Fsp3) is 0.158. The number of carbonyl (C=O) groups is 1. The van der Waals surface area contributed by atoms with Gasteiger partial charge >= 0.3 is 5.97 Å². The molecule has 0 spiro atoms. The number of hydrogen-bond donors (Lipinski definition) is 0. The summed E-state index contributed by atoms with van der Waals surface area (Å²) >= 11 is 0. The normalized spacial score (nSPS) is 14.8. The van der Waals surface area contributed by atoms with Crippen LogP contribution in [-0.4, -0.2) is 33.2 Å². The minimum absolute atomic E-state index is 0.0220. The summed E-state index contributed by atoms with van der Waals surface area (Å²) < 4.78 is 34.8. The minimum atomic E-state index is -0.680. The van der Waals surface area contributed by atoms with E-state index in [1.54, 1.807) is 24.3 Å². The molecule has 6 nitrogen and oxygen atoms in total. The van der Waals surface area contributed by atoms with Crippen LogP contribution in [0.25, 0.3) is 6.08 Å². The maximum absolute atomic E-state index is 13.9. The van der Waals surface area contributed by atoms with Gasteiger partial charge in [0.2, 0.25) is 5.90 Å². The number of methoxy groups -OCH3 is 3. The number of carbonyl (C=O) groups excluding carboxylic acids is 1. The monoisotopic (exact) mass is 357 g/mol. The molecule has 1 aliphatic rings. The van der Waals surface area contributed by atoms with Crippen LogP contribution in [-0.2, 0) is 9.53 Å². The van der Waals surface area contributed by atoms with Gasteiger partial charge in [0.25, 0.3) is 0 Å². The van der Waals surface area contributed by atoms with Gasteiger partial charge in [-0.25, -0.2) is 14.2 Å². The summed E-state index contributed by atoms with van der Waals surface area (Å²) in [7, 11) is 4.50. The molecular weight excluding hydrogens is 341 g/mol. The molecule has 0 aliphatic carbocycles. The molecule has 0 saturated carbocycles. The highest BCUT2D eigenvalue weighted by Gasteiger charge is 2.26. The molecule has 26 heavy (non-hydrogen) atoms. The number of hydrogen-bond acceptors (Lipinski definition) is 6. The van der Waals surface area contributed by atoms with Gasteiger partial charge in [-0.1, -0.05) is 12.1 Å². The maximum atomic E-state index is 13.9. The van der Waals surface area contributed by atoms with Crippen LogP contribution >= 0.6 is 0 Å². The molecule has 1 heterocycles. The Morgan fingerprint density at radius 1 is 1.00 bits per heavy atom. The van der Waals surface area contributed by atoms with Crippen LogP contribution in [0.5, 0.6) is 17.2 Å². The van der Waals surface area contributed by atoms with Crippen LogP contribution in [0.15, 0.2) is 47.1 Å². The van der Waals surface area contributed by atoms with Crippen molar-refractivity contribution in [2.24, 2.45) is 4.99 Å². The number of ether oxygens (including phenoxy) is 4. The third-order valence-electron chi connectivity index (χ3n) is 3.75. The van der Waals surface area contributed by atoms with Crippen molar-refractivity contribution in [1.82, 2.24) is 0 Å². The smallest absolute Gasteiger partial charge is 0.363 e. The maximum Gasteiger partial charge on any atom is 0.363 e. The Bertz CT molecular complexity index is 920. The number of halogens is 1. The van der Waals surface area contributed by atoms with Gasteiger partial charge in [-0.3, -0.25) is 0 Å². The first-order valence-corrected chi connectivity index (χ1v) is 7.65. The lowest BCUT2D eigenvalue weighted by Gasteiger charge is -2.12. The second-order valence-corrected chi connectivity index (χ2v) is 5.27. The Hall–Kier alpha value is -3.35. The average molecular weight is 357 g/mol. The topological polar surface area (TPSA) is 66.3 Å². The van der Waals surface area contributed by atoms with Gasteiger partial charge in [-0.05, 0) is 24.3 Å². The van der Waals surface area contributed by atoms with Crippen molar-refractivity contribution in [1.29, 1.82) is 0 Å². The Kier molecular flexibility index (Phi) is 4.88. The van der Waals surface area contributed by atoms with Crippen molar-refractivity contribution >= 4 is 17.9 Å². The molecule has 134 valence electrons. The van der Waals surface area contributed by atoms with Crippen molar-refractivity contribution in [2.75, 3.05) is 21.3 Å². The highest BCUT2D eigenvalue weighted by molar-refractivity contribution is 6.13. The van der Waals surface area contributed by atoms with Crippen molar-refractivity contribution in [3.8, 4) is 17.2 Å². The molecule has 0 atom stereocenters. The molecule has 0 radical (unpaired) electrons. The van der Waals surface area contributed by atoms with E-state index in [2.05, 4.69) is 4.99 Å².